The fourth-order valence-electron chi connectivity index (χ4n) is 2.92. The zero-order valence-corrected chi connectivity index (χ0v) is 15.3. The predicted molar refractivity (Wildman–Crippen MR) is 103 cm³/mol. The Labute approximate surface area is 150 Å². The minimum atomic E-state index is -0.0550. The molecule has 2 aromatic rings. The van der Waals surface area contributed by atoms with Crippen LogP contribution in [0.1, 0.15) is 36.5 Å². The lowest BCUT2D eigenvalue weighted by atomic mass is 9.98. The fraction of sp³-hybridized carbons (Fsp3) is 0.381. The summed E-state index contributed by atoms with van der Waals surface area (Å²) in [5.41, 5.74) is 4.25. The van der Waals surface area contributed by atoms with E-state index in [1.165, 1.54) is 0 Å². The molecule has 0 bridgehead atoms. The maximum absolute atomic E-state index is 12.6. The molecule has 0 aliphatic carbocycles. The SMILES string of the molecule is Cc1cccc(C(C)C)c1NC(=O)CN(CCO)Cc1ccccc1. The highest BCUT2D eigenvalue weighted by atomic mass is 16.3. The van der Waals surface area contributed by atoms with Crippen LogP contribution in [0.2, 0.25) is 0 Å². The third kappa shape index (κ3) is 5.69. The number of amides is 1. The lowest BCUT2D eigenvalue weighted by Gasteiger charge is -2.22. The Morgan fingerprint density at radius 2 is 1.84 bits per heavy atom. The molecule has 0 spiro atoms. The maximum atomic E-state index is 12.6. The molecular formula is C21H28N2O2. The van der Waals surface area contributed by atoms with E-state index in [0.717, 1.165) is 22.4 Å². The lowest BCUT2D eigenvalue weighted by Crippen LogP contribution is -2.35. The summed E-state index contributed by atoms with van der Waals surface area (Å²) < 4.78 is 0. The number of anilines is 1. The van der Waals surface area contributed by atoms with Crippen molar-refractivity contribution in [1.82, 2.24) is 4.90 Å². The number of aryl methyl sites for hydroxylation is 1. The van der Waals surface area contributed by atoms with E-state index in [1.807, 2.05) is 54.3 Å². The van der Waals surface area contributed by atoms with E-state index in [1.54, 1.807) is 0 Å². The van der Waals surface area contributed by atoms with Crippen LogP contribution >= 0.6 is 0 Å². The van der Waals surface area contributed by atoms with E-state index < -0.39 is 0 Å². The molecule has 0 saturated heterocycles. The van der Waals surface area contributed by atoms with Gasteiger partial charge in [0.15, 0.2) is 0 Å². The van der Waals surface area contributed by atoms with Gasteiger partial charge in [-0.25, -0.2) is 0 Å². The smallest absolute Gasteiger partial charge is 0.238 e. The molecule has 134 valence electrons. The minimum absolute atomic E-state index is 0.0295. The van der Waals surface area contributed by atoms with E-state index in [4.69, 9.17) is 0 Å². The molecule has 0 saturated carbocycles. The van der Waals surface area contributed by atoms with Crippen LogP contribution in [0.4, 0.5) is 5.69 Å². The number of hydrogen-bond donors (Lipinski definition) is 2. The van der Waals surface area contributed by atoms with Crippen molar-refractivity contribution in [1.29, 1.82) is 0 Å². The Bertz CT molecular complexity index is 684. The molecule has 0 fully saturated rings. The monoisotopic (exact) mass is 340 g/mol. The number of carbonyl (C=O) groups is 1. The van der Waals surface area contributed by atoms with Gasteiger partial charge in [0.2, 0.25) is 5.91 Å². The van der Waals surface area contributed by atoms with Crippen molar-refractivity contribution < 1.29 is 9.90 Å². The average molecular weight is 340 g/mol. The third-order valence-electron chi connectivity index (χ3n) is 4.22. The van der Waals surface area contributed by atoms with Crippen LogP contribution in [0.3, 0.4) is 0 Å². The molecule has 4 nitrogen and oxygen atoms in total. The van der Waals surface area contributed by atoms with Crippen molar-refractivity contribution >= 4 is 11.6 Å². The maximum Gasteiger partial charge on any atom is 0.238 e. The van der Waals surface area contributed by atoms with Crippen molar-refractivity contribution in [3.8, 4) is 0 Å². The second-order valence-electron chi connectivity index (χ2n) is 6.66. The number of rotatable bonds is 8. The topological polar surface area (TPSA) is 52.6 Å². The molecule has 2 rings (SSSR count). The molecule has 0 aliphatic heterocycles. The van der Waals surface area contributed by atoms with Crippen molar-refractivity contribution in [3.63, 3.8) is 0 Å². The average Bonchev–Trinajstić information content (AvgIpc) is 2.57. The molecule has 4 heteroatoms. The van der Waals surface area contributed by atoms with Crippen molar-refractivity contribution in [2.45, 2.75) is 33.2 Å². The lowest BCUT2D eigenvalue weighted by molar-refractivity contribution is -0.117. The van der Waals surface area contributed by atoms with Gasteiger partial charge in [0.1, 0.15) is 0 Å². The molecule has 1 amide bonds. The van der Waals surface area contributed by atoms with Crippen LogP contribution in [0.15, 0.2) is 48.5 Å². The molecule has 0 atom stereocenters. The van der Waals surface area contributed by atoms with E-state index in [9.17, 15) is 9.90 Å². The minimum Gasteiger partial charge on any atom is -0.395 e. The number of aliphatic hydroxyl groups is 1. The highest BCUT2D eigenvalue weighted by molar-refractivity contribution is 5.93. The molecule has 0 heterocycles. The summed E-state index contributed by atoms with van der Waals surface area (Å²) in [7, 11) is 0. The molecule has 0 aliphatic rings. The standard InChI is InChI=1S/C21H28N2O2/c1-16(2)19-11-7-8-17(3)21(19)22-20(25)15-23(12-13-24)14-18-9-5-4-6-10-18/h4-11,16,24H,12-15H2,1-3H3,(H,22,25). The molecule has 0 radical (unpaired) electrons. The number of carbonyl (C=O) groups excluding carboxylic acids is 1. The number of aliphatic hydroxyl groups excluding tert-OH is 1. The number of para-hydroxylation sites is 1. The first-order valence-electron chi connectivity index (χ1n) is 8.77. The van der Waals surface area contributed by atoms with E-state index in [-0.39, 0.29) is 19.1 Å². The van der Waals surface area contributed by atoms with Gasteiger partial charge in [-0.15, -0.1) is 0 Å². The zero-order chi connectivity index (χ0) is 18.2. The second-order valence-corrected chi connectivity index (χ2v) is 6.66. The quantitative estimate of drug-likeness (QED) is 0.773. The third-order valence-corrected chi connectivity index (χ3v) is 4.22. The van der Waals surface area contributed by atoms with Crippen LogP contribution in [0.5, 0.6) is 0 Å². The van der Waals surface area contributed by atoms with Crippen LogP contribution < -0.4 is 5.32 Å². The van der Waals surface area contributed by atoms with Gasteiger partial charge in [-0.2, -0.15) is 0 Å². The van der Waals surface area contributed by atoms with Gasteiger partial charge >= 0.3 is 0 Å². The summed E-state index contributed by atoms with van der Waals surface area (Å²) in [6.45, 7) is 7.64. The van der Waals surface area contributed by atoms with E-state index in [2.05, 4.69) is 25.2 Å². The molecule has 2 N–H and O–H groups in total. The molecular weight excluding hydrogens is 312 g/mol. The summed E-state index contributed by atoms with van der Waals surface area (Å²) in [6, 6.07) is 16.1. The summed E-state index contributed by atoms with van der Waals surface area (Å²) in [5.74, 6) is 0.286. The highest BCUT2D eigenvalue weighted by Crippen LogP contribution is 2.27. The summed E-state index contributed by atoms with van der Waals surface area (Å²) in [5, 5.41) is 12.4. The van der Waals surface area contributed by atoms with Crippen molar-refractivity contribution in [2.24, 2.45) is 0 Å². The number of nitrogens with one attached hydrogen (secondary N) is 1. The molecule has 0 unspecified atom stereocenters. The van der Waals surface area contributed by atoms with Crippen LogP contribution in [0.25, 0.3) is 0 Å². The highest BCUT2D eigenvalue weighted by Gasteiger charge is 2.15. The van der Waals surface area contributed by atoms with Crippen LogP contribution in [0, 0.1) is 6.92 Å². The fourth-order valence-corrected chi connectivity index (χ4v) is 2.92. The van der Waals surface area contributed by atoms with Crippen molar-refractivity contribution in [2.75, 3.05) is 25.0 Å². The van der Waals surface area contributed by atoms with Gasteiger partial charge < -0.3 is 10.4 Å². The predicted octanol–water partition coefficient (Wildman–Crippen LogP) is 3.55. The van der Waals surface area contributed by atoms with Crippen LogP contribution in [-0.4, -0.2) is 35.6 Å². The van der Waals surface area contributed by atoms with Gasteiger partial charge in [-0.3, -0.25) is 9.69 Å². The first-order valence-corrected chi connectivity index (χ1v) is 8.77. The first kappa shape index (κ1) is 19.2. The molecule has 25 heavy (non-hydrogen) atoms. The van der Waals surface area contributed by atoms with E-state index in [0.29, 0.717) is 19.0 Å². The number of nitrogens with zero attached hydrogens (tertiary/aromatic N) is 1. The van der Waals surface area contributed by atoms with Crippen LogP contribution in [-0.2, 0) is 11.3 Å². The van der Waals surface area contributed by atoms with E-state index >= 15 is 0 Å². The Balaban J connectivity index is 2.07. The van der Waals surface area contributed by atoms with Gasteiger partial charge in [-0.1, -0.05) is 62.4 Å². The Morgan fingerprint density at radius 3 is 2.48 bits per heavy atom. The Kier molecular flexibility index (Phi) is 7.16. The molecule has 0 aromatic heterocycles. The summed E-state index contributed by atoms with van der Waals surface area (Å²) >= 11 is 0. The Morgan fingerprint density at radius 1 is 1.12 bits per heavy atom. The van der Waals surface area contributed by atoms with Gasteiger partial charge in [-0.05, 0) is 29.5 Å². The number of hydrogen-bond acceptors (Lipinski definition) is 3. The Hall–Kier alpha value is -2.17. The molecule has 2 aromatic carbocycles. The largest absolute Gasteiger partial charge is 0.395 e. The number of benzene rings is 2. The van der Waals surface area contributed by atoms with Crippen molar-refractivity contribution in [3.05, 3.63) is 65.2 Å². The second kappa shape index (κ2) is 9.35. The normalized spacial score (nSPS) is 11.1. The van der Waals surface area contributed by atoms with Gasteiger partial charge in [0, 0.05) is 18.8 Å². The summed E-state index contributed by atoms with van der Waals surface area (Å²) in [6.07, 6.45) is 0. The van der Waals surface area contributed by atoms with Gasteiger partial charge in [0.05, 0.1) is 13.2 Å². The zero-order valence-electron chi connectivity index (χ0n) is 15.3. The first-order chi connectivity index (χ1) is 12.0. The summed E-state index contributed by atoms with van der Waals surface area (Å²) in [4.78, 5) is 14.5. The van der Waals surface area contributed by atoms with Gasteiger partial charge in [0.25, 0.3) is 0 Å².